The van der Waals surface area contributed by atoms with Gasteiger partial charge in [0.15, 0.2) is 23.9 Å². The predicted octanol–water partition coefficient (Wildman–Crippen LogP) is 2.04. The molecule has 2 rings (SSSR count). The zero-order valence-corrected chi connectivity index (χ0v) is 11.3. The molecule has 6 nitrogen and oxygen atoms in total. The van der Waals surface area contributed by atoms with Crippen molar-refractivity contribution in [3.63, 3.8) is 0 Å². The molecular weight excluding hydrogens is 286 g/mol. The van der Waals surface area contributed by atoms with Crippen molar-refractivity contribution in [3.8, 4) is 23.3 Å². The summed E-state index contributed by atoms with van der Waals surface area (Å²) in [5.74, 6) is -1.53. The lowest BCUT2D eigenvalue weighted by Gasteiger charge is -2.10. The van der Waals surface area contributed by atoms with Crippen molar-refractivity contribution in [1.82, 2.24) is 0 Å². The summed E-state index contributed by atoms with van der Waals surface area (Å²) in [6.07, 6.45) is 0.463. The Bertz CT molecular complexity index is 736. The Morgan fingerprint density at radius 1 is 1.18 bits per heavy atom. The van der Waals surface area contributed by atoms with Gasteiger partial charge in [-0.3, -0.25) is 9.59 Å². The molecule has 110 valence electrons. The summed E-state index contributed by atoms with van der Waals surface area (Å²) in [6.45, 7) is -0.409. The smallest absolute Gasteiger partial charge is 0.203 e. The minimum Gasteiger partial charge on any atom is -0.504 e. The number of benzene rings is 2. The van der Waals surface area contributed by atoms with Crippen LogP contribution in [0.2, 0.25) is 0 Å². The largest absolute Gasteiger partial charge is 0.504 e. The first kappa shape index (κ1) is 15.1. The van der Waals surface area contributed by atoms with E-state index in [0.717, 1.165) is 12.1 Å². The topological polar surface area (TPSA) is 108 Å². The summed E-state index contributed by atoms with van der Waals surface area (Å²) >= 11 is 0. The fourth-order valence-electron chi connectivity index (χ4n) is 1.79. The molecule has 0 saturated heterocycles. The Morgan fingerprint density at radius 3 is 2.27 bits per heavy atom. The summed E-state index contributed by atoms with van der Waals surface area (Å²) in [4.78, 5) is 22.5. The van der Waals surface area contributed by atoms with Crippen LogP contribution in [-0.2, 0) is 0 Å². The number of aromatic hydroxyl groups is 2. The van der Waals surface area contributed by atoms with E-state index in [4.69, 9.17) is 10.00 Å². The Hall–Kier alpha value is -3.33. The number of Topliss-reactive ketones (excluding diaryl/α,β-unsaturated/α-hetero) is 1. The van der Waals surface area contributed by atoms with Crippen LogP contribution in [0.3, 0.4) is 0 Å². The number of phenolic OH excluding ortho intramolecular Hbond substituents is 2. The highest BCUT2D eigenvalue weighted by Gasteiger charge is 2.14. The van der Waals surface area contributed by atoms with Crippen LogP contribution in [0.5, 0.6) is 17.2 Å². The Labute approximate surface area is 125 Å². The standard InChI is InChI=1S/C16H11NO5/c17-7-10-1-3-12(4-2-10)15(21)9-22-16-13(19)5-11(8-18)6-14(16)20/h1-6,8,19-20H,9H2. The maximum absolute atomic E-state index is 11.9. The number of nitrogens with zero attached hydrogens (tertiary/aromatic N) is 1. The highest BCUT2D eigenvalue weighted by atomic mass is 16.5. The Morgan fingerprint density at radius 2 is 1.77 bits per heavy atom. The zero-order chi connectivity index (χ0) is 16.1. The van der Waals surface area contributed by atoms with E-state index in [1.54, 1.807) is 0 Å². The van der Waals surface area contributed by atoms with Gasteiger partial charge in [0.05, 0.1) is 11.6 Å². The molecular formula is C16H11NO5. The molecule has 0 aliphatic heterocycles. The monoisotopic (exact) mass is 297 g/mol. The minimum absolute atomic E-state index is 0.0840. The number of phenols is 2. The Kier molecular flexibility index (Phi) is 4.39. The molecule has 0 saturated carbocycles. The van der Waals surface area contributed by atoms with Gasteiger partial charge < -0.3 is 14.9 Å². The van der Waals surface area contributed by atoms with Crippen LogP contribution in [0.15, 0.2) is 36.4 Å². The van der Waals surface area contributed by atoms with Crippen LogP contribution in [0.25, 0.3) is 0 Å². The molecule has 0 aliphatic carbocycles. The second kappa shape index (κ2) is 6.41. The van der Waals surface area contributed by atoms with Crippen LogP contribution >= 0.6 is 0 Å². The highest BCUT2D eigenvalue weighted by Crippen LogP contribution is 2.36. The third kappa shape index (κ3) is 3.22. The van der Waals surface area contributed by atoms with Crippen molar-refractivity contribution in [2.45, 2.75) is 0 Å². The quantitative estimate of drug-likeness (QED) is 0.646. The van der Waals surface area contributed by atoms with Gasteiger partial charge in [-0.05, 0) is 36.4 Å². The lowest BCUT2D eigenvalue weighted by molar-refractivity contribution is 0.0917. The second-order valence-electron chi connectivity index (χ2n) is 4.41. The summed E-state index contributed by atoms with van der Waals surface area (Å²) in [6, 6.07) is 10.2. The van der Waals surface area contributed by atoms with E-state index in [-0.39, 0.29) is 17.1 Å². The van der Waals surface area contributed by atoms with E-state index in [1.807, 2.05) is 6.07 Å². The zero-order valence-electron chi connectivity index (χ0n) is 11.3. The van der Waals surface area contributed by atoms with Crippen LogP contribution in [0.4, 0.5) is 0 Å². The third-order valence-electron chi connectivity index (χ3n) is 2.89. The van der Waals surface area contributed by atoms with Crippen molar-refractivity contribution in [3.05, 3.63) is 53.1 Å². The van der Waals surface area contributed by atoms with E-state index in [0.29, 0.717) is 17.4 Å². The van der Waals surface area contributed by atoms with Gasteiger partial charge in [-0.2, -0.15) is 5.26 Å². The van der Waals surface area contributed by atoms with Gasteiger partial charge in [0, 0.05) is 11.1 Å². The van der Waals surface area contributed by atoms with Gasteiger partial charge in [-0.25, -0.2) is 0 Å². The third-order valence-corrected chi connectivity index (χ3v) is 2.89. The maximum atomic E-state index is 11.9. The first-order valence-corrected chi connectivity index (χ1v) is 6.22. The lowest BCUT2D eigenvalue weighted by atomic mass is 10.1. The molecule has 0 heterocycles. The number of aldehydes is 1. The van der Waals surface area contributed by atoms with Crippen molar-refractivity contribution >= 4 is 12.1 Å². The number of hydrogen-bond donors (Lipinski definition) is 2. The summed E-state index contributed by atoms with van der Waals surface area (Å²) in [5.41, 5.74) is 0.848. The van der Waals surface area contributed by atoms with E-state index in [9.17, 15) is 19.8 Å². The SMILES string of the molecule is N#Cc1ccc(C(=O)COc2c(O)cc(C=O)cc2O)cc1. The first-order valence-electron chi connectivity index (χ1n) is 6.22. The van der Waals surface area contributed by atoms with Crippen molar-refractivity contribution in [1.29, 1.82) is 5.26 Å². The van der Waals surface area contributed by atoms with E-state index in [2.05, 4.69) is 0 Å². The van der Waals surface area contributed by atoms with Crippen molar-refractivity contribution in [2.75, 3.05) is 6.61 Å². The van der Waals surface area contributed by atoms with Crippen LogP contribution < -0.4 is 4.74 Å². The Balaban J connectivity index is 2.11. The molecule has 0 spiro atoms. The molecule has 0 fully saturated rings. The molecule has 2 aromatic carbocycles. The minimum atomic E-state index is -0.435. The molecule has 0 aliphatic rings. The molecule has 0 amide bonds. The first-order chi connectivity index (χ1) is 10.5. The van der Waals surface area contributed by atoms with Gasteiger partial charge in [0.1, 0.15) is 6.29 Å². The van der Waals surface area contributed by atoms with Gasteiger partial charge in [-0.15, -0.1) is 0 Å². The predicted molar refractivity (Wildman–Crippen MR) is 76.1 cm³/mol. The molecule has 0 unspecified atom stereocenters. The molecule has 22 heavy (non-hydrogen) atoms. The molecule has 2 aromatic rings. The summed E-state index contributed by atoms with van der Waals surface area (Å²) < 4.78 is 5.11. The molecule has 0 radical (unpaired) electrons. The summed E-state index contributed by atoms with van der Waals surface area (Å²) in [7, 11) is 0. The normalized spacial score (nSPS) is 9.77. The van der Waals surface area contributed by atoms with E-state index < -0.39 is 18.1 Å². The molecule has 2 N–H and O–H groups in total. The van der Waals surface area contributed by atoms with E-state index in [1.165, 1.54) is 24.3 Å². The molecule has 0 bridgehead atoms. The second-order valence-corrected chi connectivity index (χ2v) is 4.41. The van der Waals surface area contributed by atoms with Crippen molar-refractivity contribution < 1.29 is 24.5 Å². The van der Waals surface area contributed by atoms with E-state index >= 15 is 0 Å². The molecule has 0 aromatic heterocycles. The number of rotatable bonds is 5. The van der Waals surface area contributed by atoms with Crippen LogP contribution in [0.1, 0.15) is 26.3 Å². The average molecular weight is 297 g/mol. The van der Waals surface area contributed by atoms with Gasteiger partial charge in [0.25, 0.3) is 0 Å². The van der Waals surface area contributed by atoms with Gasteiger partial charge >= 0.3 is 0 Å². The fourth-order valence-corrected chi connectivity index (χ4v) is 1.79. The van der Waals surface area contributed by atoms with Crippen LogP contribution in [-0.4, -0.2) is 28.9 Å². The number of carbonyl (C=O) groups excluding carboxylic acids is 2. The summed E-state index contributed by atoms with van der Waals surface area (Å²) in [5, 5.41) is 28.0. The maximum Gasteiger partial charge on any atom is 0.203 e. The van der Waals surface area contributed by atoms with Gasteiger partial charge in [0.2, 0.25) is 5.75 Å². The lowest BCUT2D eigenvalue weighted by Crippen LogP contribution is -2.11. The van der Waals surface area contributed by atoms with Crippen LogP contribution in [0, 0.1) is 11.3 Å². The number of hydrogen-bond acceptors (Lipinski definition) is 6. The number of ketones is 1. The fraction of sp³-hybridized carbons (Fsp3) is 0.0625. The number of ether oxygens (including phenoxy) is 1. The number of carbonyl (C=O) groups is 2. The molecule has 0 atom stereocenters. The highest BCUT2D eigenvalue weighted by molar-refractivity contribution is 5.97. The van der Waals surface area contributed by atoms with Crippen molar-refractivity contribution in [2.24, 2.45) is 0 Å². The number of nitriles is 1. The molecule has 6 heteroatoms. The van der Waals surface area contributed by atoms with Gasteiger partial charge in [-0.1, -0.05) is 0 Å². The average Bonchev–Trinajstić information content (AvgIpc) is 2.53.